The fraction of sp³-hybridized carbons (Fsp3) is 0.733. The van der Waals surface area contributed by atoms with Crippen LogP contribution in [-0.2, 0) is 16.1 Å². The Kier molecular flexibility index (Phi) is 6.20. The number of carbonyl (C=O) groups is 1. The Labute approximate surface area is 126 Å². The highest BCUT2D eigenvalue weighted by Gasteiger charge is 2.19. The normalized spacial score (nSPS) is 17.0. The summed E-state index contributed by atoms with van der Waals surface area (Å²) in [7, 11) is 1.74. The van der Waals surface area contributed by atoms with E-state index in [4.69, 9.17) is 4.74 Å². The van der Waals surface area contributed by atoms with Crippen LogP contribution >= 0.6 is 0 Å². The van der Waals surface area contributed by atoms with Crippen molar-refractivity contribution in [2.45, 2.75) is 26.3 Å². The lowest BCUT2D eigenvalue weighted by atomic mass is 9.97. The van der Waals surface area contributed by atoms with Gasteiger partial charge in [0.05, 0.1) is 12.8 Å². The van der Waals surface area contributed by atoms with Crippen LogP contribution in [0.4, 0.5) is 0 Å². The monoisotopic (exact) mass is 294 g/mol. The van der Waals surface area contributed by atoms with Crippen LogP contribution in [0.2, 0.25) is 0 Å². The van der Waals surface area contributed by atoms with Gasteiger partial charge in [-0.25, -0.2) is 0 Å². The number of nitrogens with one attached hydrogen (secondary N) is 1. The van der Waals surface area contributed by atoms with Gasteiger partial charge >= 0.3 is 0 Å². The molecule has 0 bridgehead atoms. The molecule has 2 rings (SSSR count). The minimum atomic E-state index is 0.0416. The summed E-state index contributed by atoms with van der Waals surface area (Å²) in [4.78, 5) is 14.3. The highest BCUT2D eigenvalue weighted by molar-refractivity contribution is 5.75. The molecule has 1 amide bonds. The molecule has 1 fully saturated rings. The van der Waals surface area contributed by atoms with E-state index < -0.39 is 0 Å². The van der Waals surface area contributed by atoms with Crippen molar-refractivity contribution >= 4 is 5.91 Å². The van der Waals surface area contributed by atoms with E-state index in [9.17, 15) is 4.79 Å². The van der Waals surface area contributed by atoms with E-state index in [1.807, 2.05) is 13.1 Å². The second-order valence-electron chi connectivity index (χ2n) is 5.80. The van der Waals surface area contributed by atoms with Crippen molar-refractivity contribution in [2.75, 3.05) is 39.9 Å². The number of piperidine rings is 1. The molecule has 2 heterocycles. The second-order valence-corrected chi connectivity index (χ2v) is 5.80. The third-order valence-corrected chi connectivity index (χ3v) is 3.97. The Hall–Kier alpha value is -1.40. The summed E-state index contributed by atoms with van der Waals surface area (Å²) in [5, 5.41) is 7.15. The van der Waals surface area contributed by atoms with Crippen molar-refractivity contribution in [1.29, 1.82) is 0 Å². The van der Waals surface area contributed by atoms with Crippen molar-refractivity contribution in [3.8, 4) is 0 Å². The van der Waals surface area contributed by atoms with E-state index in [2.05, 4.69) is 15.3 Å². The fourth-order valence-electron chi connectivity index (χ4n) is 2.65. The number of ether oxygens (including phenoxy) is 1. The Morgan fingerprint density at radius 2 is 2.24 bits per heavy atom. The third-order valence-electron chi connectivity index (χ3n) is 3.97. The number of methoxy groups -OCH3 is 1. The number of amides is 1. The molecule has 1 saturated heterocycles. The average molecular weight is 294 g/mol. The number of carbonyl (C=O) groups excluding carboxylic acids is 1. The summed E-state index contributed by atoms with van der Waals surface area (Å²) in [5.41, 5.74) is 1.08. The molecule has 0 spiro atoms. The zero-order chi connectivity index (χ0) is 15.1. The Balaban J connectivity index is 1.62. The highest BCUT2D eigenvalue weighted by atomic mass is 16.5. The second kappa shape index (κ2) is 8.14. The van der Waals surface area contributed by atoms with Gasteiger partial charge in [-0.3, -0.25) is 9.48 Å². The Morgan fingerprint density at radius 3 is 2.86 bits per heavy atom. The van der Waals surface area contributed by atoms with Crippen LogP contribution in [0.15, 0.2) is 12.4 Å². The summed E-state index contributed by atoms with van der Waals surface area (Å²) in [6.45, 7) is 7.06. The zero-order valence-corrected chi connectivity index (χ0v) is 13.0. The zero-order valence-electron chi connectivity index (χ0n) is 13.0. The highest BCUT2D eigenvalue weighted by Crippen LogP contribution is 2.15. The van der Waals surface area contributed by atoms with E-state index in [0.717, 1.165) is 51.2 Å². The van der Waals surface area contributed by atoms with Gasteiger partial charge in [0.1, 0.15) is 6.54 Å². The topological polar surface area (TPSA) is 59.4 Å². The SMILES string of the molecule is COCCN1CCC(CNC(=O)Cn2cc(C)cn2)CC1. The number of hydrogen-bond acceptors (Lipinski definition) is 4. The van der Waals surface area contributed by atoms with E-state index in [-0.39, 0.29) is 5.91 Å². The molecule has 1 aromatic heterocycles. The lowest BCUT2D eigenvalue weighted by Gasteiger charge is -2.31. The molecule has 0 radical (unpaired) electrons. The van der Waals surface area contributed by atoms with Gasteiger partial charge in [-0.15, -0.1) is 0 Å². The molecule has 6 nitrogen and oxygen atoms in total. The van der Waals surface area contributed by atoms with Gasteiger partial charge in [0.15, 0.2) is 0 Å². The largest absolute Gasteiger partial charge is 0.383 e. The average Bonchev–Trinajstić information content (AvgIpc) is 2.89. The first-order chi connectivity index (χ1) is 10.2. The summed E-state index contributed by atoms with van der Waals surface area (Å²) >= 11 is 0. The molecule has 1 aromatic rings. The molecule has 21 heavy (non-hydrogen) atoms. The molecule has 1 aliphatic rings. The number of hydrogen-bond donors (Lipinski definition) is 1. The maximum absolute atomic E-state index is 11.9. The van der Waals surface area contributed by atoms with Gasteiger partial charge in [0, 0.05) is 26.4 Å². The fourth-order valence-corrected chi connectivity index (χ4v) is 2.65. The quantitative estimate of drug-likeness (QED) is 0.803. The van der Waals surface area contributed by atoms with E-state index in [1.165, 1.54) is 0 Å². The minimum absolute atomic E-state index is 0.0416. The molecular weight excluding hydrogens is 268 g/mol. The van der Waals surface area contributed by atoms with Gasteiger partial charge in [0.25, 0.3) is 0 Å². The number of aromatic nitrogens is 2. The molecule has 0 atom stereocenters. The predicted octanol–water partition coefficient (Wildman–Crippen LogP) is 0.666. The molecule has 6 heteroatoms. The van der Waals surface area contributed by atoms with Gasteiger partial charge < -0.3 is 15.0 Å². The third kappa shape index (κ3) is 5.47. The van der Waals surface area contributed by atoms with Crippen LogP contribution < -0.4 is 5.32 Å². The first kappa shape index (κ1) is 16.0. The number of aryl methyl sites for hydroxylation is 1. The lowest BCUT2D eigenvalue weighted by molar-refractivity contribution is -0.122. The van der Waals surface area contributed by atoms with Crippen molar-refractivity contribution < 1.29 is 9.53 Å². The van der Waals surface area contributed by atoms with Crippen LogP contribution in [-0.4, -0.2) is 60.5 Å². The first-order valence-electron chi connectivity index (χ1n) is 7.64. The first-order valence-corrected chi connectivity index (χ1v) is 7.64. The van der Waals surface area contributed by atoms with E-state index in [1.54, 1.807) is 18.0 Å². The van der Waals surface area contributed by atoms with Crippen molar-refractivity contribution in [2.24, 2.45) is 5.92 Å². The van der Waals surface area contributed by atoms with Gasteiger partial charge in [-0.2, -0.15) is 5.10 Å². The molecule has 0 aliphatic carbocycles. The Bertz CT molecular complexity index is 439. The maximum Gasteiger partial charge on any atom is 0.241 e. The molecule has 1 N–H and O–H groups in total. The lowest BCUT2D eigenvalue weighted by Crippen LogP contribution is -2.40. The van der Waals surface area contributed by atoms with Crippen LogP contribution in [0, 0.1) is 12.8 Å². The van der Waals surface area contributed by atoms with Crippen molar-refractivity contribution in [3.63, 3.8) is 0 Å². The van der Waals surface area contributed by atoms with Crippen molar-refractivity contribution in [3.05, 3.63) is 18.0 Å². The van der Waals surface area contributed by atoms with Crippen LogP contribution in [0.25, 0.3) is 0 Å². The molecule has 118 valence electrons. The van der Waals surface area contributed by atoms with Gasteiger partial charge in [-0.1, -0.05) is 0 Å². The molecule has 0 aromatic carbocycles. The molecule has 1 aliphatic heterocycles. The van der Waals surface area contributed by atoms with E-state index in [0.29, 0.717) is 12.5 Å². The van der Waals surface area contributed by atoms with Crippen molar-refractivity contribution in [1.82, 2.24) is 20.0 Å². The van der Waals surface area contributed by atoms with Gasteiger partial charge in [-0.05, 0) is 44.3 Å². The summed E-state index contributed by atoms with van der Waals surface area (Å²) < 4.78 is 6.78. The molecule has 0 unspecified atom stereocenters. The number of likely N-dealkylation sites (tertiary alicyclic amines) is 1. The molecular formula is C15H26N4O2. The van der Waals surface area contributed by atoms with Crippen LogP contribution in [0.3, 0.4) is 0 Å². The minimum Gasteiger partial charge on any atom is -0.383 e. The Morgan fingerprint density at radius 1 is 1.48 bits per heavy atom. The summed E-state index contributed by atoms with van der Waals surface area (Å²) in [5.74, 6) is 0.631. The molecule has 0 saturated carbocycles. The summed E-state index contributed by atoms with van der Waals surface area (Å²) in [6, 6.07) is 0. The number of nitrogens with zero attached hydrogens (tertiary/aromatic N) is 3. The van der Waals surface area contributed by atoms with E-state index >= 15 is 0 Å². The standard InChI is InChI=1S/C15H26N4O2/c1-13-9-17-19(11-13)12-15(20)16-10-14-3-5-18(6-4-14)7-8-21-2/h9,11,14H,3-8,10,12H2,1-2H3,(H,16,20). The smallest absolute Gasteiger partial charge is 0.241 e. The summed E-state index contributed by atoms with van der Waals surface area (Å²) in [6.07, 6.45) is 5.94. The van der Waals surface area contributed by atoms with Gasteiger partial charge in [0.2, 0.25) is 5.91 Å². The maximum atomic E-state index is 11.9. The van der Waals surface area contributed by atoms with Crippen LogP contribution in [0.5, 0.6) is 0 Å². The van der Waals surface area contributed by atoms with Crippen LogP contribution in [0.1, 0.15) is 18.4 Å². The predicted molar refractivity (Wildman–Crippen MR) is 81.0 cm³/mol. The number of rotatable bonds is 7.